The van der Waals surface area contributed by atoms with Crippen molar-refractivity contribution in [3.63, 3.8) is 0 Å². The van der Waals surface area contributed by atoms with E-state index in [9.17, 15) is 13.6 Å². The summed E-state index contributed by atoms with van der Waals surface area (Å²) in [6.07, 6.45) is 4.74. The smallest absolute Gasteiger partial charge is 0.276 e. The van der Waals surface area contributed by atoms with E-state index in [1.54, 1.807) is 30.9 Å². The van der Waals surface area contributed by atoms with E-state index in [1.807, 2.05) is 11.8 Å². The highest BCUT2D eigenvalue weighted by Gasteiger charge is 2.27. The highest BCUT2D eigenvalue weighted by Crippen LogP contribution is 2.32. The number of nitrogens with one attached hydrogen (secondary N) is 1. The summed E-state index contributed by atoms with van der Waals surface area (Å²) in [5, 5.41) is 6.93. The second kappa shape index (κ2) is 8.25. The third-order valence-electron chi connectivity index (χ3n) is 5.47. The van der Waals surface area contributed by atoms with Crippen LogP contribution in [0.3, 0.4) is 0 Å². The van der Waals surface area contributed by atoms with Crippen LogP contribution in [0, 0.1) is 18.6 Å². The molecule has 0 fully saturated rings. The molecule has 0 atom stereocenters. The summed E-state index contributed by atoms with van der Waals surface area (Å²) < 4.78 is 29.8. The molecule has 3 aromatic rings. The molecule has 160 valence electrons. The number of nitrogens with zero attached hydrogens (tertiary/aromatic N) is 5. The molecule has 0 radical (unpaired) electrons. The fourth-order valence-electron chi connectivity index (χ4n) is 3.85. The molecule has 3 aromatic heterocycles. The van der Waals surface area contributed by atoms with E-state index < -0.39 is 11.7 Å². The monoisotopic (exact) mass is 424 g/mol. The van der Waals surface area contributed by atoms with Crippen molar-refractivity contribution in [2.75, 3.05) is 23.3 Å². The molecule has 0 saturated heterocycles. The van der Waals surface area contributed by atoms with Gasteiger partial charge < -0.3 is 10.2 Å². The molecule has 1 aliphatic heterocycles. The van der Waals surface area contributed by atoms with Crippen LogP contribution >= 0.6 is 0 Å². The van der Waals surface area contributed by atoms with Crippen LogP contribution < -0.4 is 10.2 Å². The van der Waals surface area contributed by atoms with E-state index in [4.69, 9.17) is 0 Å². The number of carbonyl (C=O) groups excluding carboxylic acids is 1. The summed E-state index contributed by atoms with van der Waals surface area (Å²) in [4.78, 5) is 22.5. The van der Waals surface area contributed by atoms with Crippen LogP contribution in [0.1, 0.15) is 35.1 Å². The highest BCUT2D eigenvalue weighted by atomic mass is 19.1. The SMILES string of the molecule is CC1=C(c2c(C)c(C(=O)Nc3ccncc3F)nn2C)CN(c2ncccc2F)CC1. The molecule has 0 unspecified atom stereocenters. The summed E-state index contributed by atoms with van der Waals surface area (Å²) in [5.74, 6) is -1.20. The second-order valence-corrected chi connectivity index (χ2v) is 7.49. The first-order valence-corrected chi connectivity index (χ1v) is 9.85. The average molecular weight is 424 g/mol. The van der Waals surface area contributed by atoms with E-state index in [0.29, 0.717) is 24.5 Å². The maximum Gasteiger partial charge on any atom is 0.276 e. The minimum Gasteiger partial charge on any atom is -0.349 e. The lowest BCUT2D eigenvalue weighted by atomic mass is 9.96. The normalized spacial score (nSPS) is 14.2. The number of carbonyl (C=O) groups is 1. The maximum atomic E-state index is 14.3. The molecular weight excluding hydrogens is 402 g/mol. The molecule has 9 heteroatoms. The number of rotatable bonds is 4. The molecule has 0 saturated carbocycles. The Morgan fingerprint density at radius 1 is 1.16 bits per heavy atom. The molecule has 0 aromatic carbocycles. The van der Waals surface area contributed by atoms with Gasteiger partial charge in [0.05, 0.1) is 17.6 Å². The first-order chi connectivity index (χ1) is 14.9. The minimum absolute atomic E-state index is 0.0384. The molecule has 1 amide bonds. The van der Waals surface area contributed by atoms with Gasteiger partial charge >= 0.3 is 0 Å². The van der Waals surface area contributed by atoms with Gasteiger partial charge in [0.1, 0.15) is 0 Å². The molecule has 7 nitrogen and oxygen atoms in total. The second-order valence-electron chi connectivity index (χ2n) is 7.49. The third-order valence-corrected chi connectivity index (χ3v) is 5.47. The van der Waals surface area contributed by atoms with Crippen molar-refractivity contribution in [3.8, 4) is 0 Å². The van der Waals surface area contributed by atoms with Crippen molar-refractivity contribution >= 4 is 23.0 Å². The van der Waals surface area contributed by atoms with Gasteiger partial charge in [-0.3, -0.25) is 14.5 Å². The molecule has 4 heterocycles. The van der Waals surface area contributed by atoms with Gasteiger partial charge in [0.15, 0.2) is 23.1 Å². The predicted octanol–water partition coefficient (Wildman–Crippen LogP) is 3.73. The molecular formula is C22H22F2N6O. The average Bonchev–Trinajstić information content (AvgIpc) is 3.05. The van der Waals surface area contributed by atoms with Gasteiger partial charge in [-0.05, 0) is 44.0 Å². The highest BCUT2D eigenvalue weighted by molar-refractivity contribution is 6.04. The Hall–Kier alpha value is -3.62. The van der Waals surface area contributed by atoms with Gasteiger partial charge in [0.25, 0.3) is 5.91 Å². The fourth-order valence-corrected chi connectivity index (χ4v) is 3.85. The van der Waals surface area contributed by atoms with Gasteiger partial charge in [0, 0.05) is 38.1 Å². The molecule has 0 bridgehead atoms. The van der Waals surface area contributed by atoms with Crippen LogP contribution in [0.4, 0.5) is 20.3 Å². The number of aromatic nitrogens is 4. The van der Waals surface area contributed by atoms with Crippen molar-refractivity contribution in [3.05, 3.63) is 70.9 Å². The third kappa shape index (κ3) is 3.90. The van der Waals surface area contributed by atoms with Crippen molar-refractivity contribution < 1.29 is 13.6 Å². The van der Waals surface area contributed by atoms with Crippen LogP contribution in [0.25, 0.3) is 5.57 Å². The standard InChI is InChI=1S/C22H22F2N6O/c1-13-7-10-30(21-16(23)5-4-8-26-21)12-15(13)20-14(2)19(28-29(20)3)22(31)27-18-6-9-25-11-17(18)24/h4-6,8-9,11H,7,10,12H2,1-3H3,(H,25,27,31). The molecule has 1 aliphatic rings. The summed E-state index contributed by atoms with van der Waals surface area (Å²) >= 11 is 0. The lowest BCUT2D eigenvalue weighted by molar-refractivity contribution is 0.102. The van der Waals surface area contributed by atoms with Crippen LogP contribution in [0.15, 0.2) is 42.4 Å². The zero-order chi connectivity index (χ0) is 22.1. The first-order valence-electron chi connectivity index (χ1n) is 9.85. The summed E-state index contributed by atoms with van der Waals surface area (Å²) in [6.45, 7) is 4.93. The summed E-state index contributed by atoms with van der Waals surface area (Å²) in [7, 11) is 1.76. The minimum atomic E-state index is -0.622. The van der Waals surface area contributed by atoms with Crippen molar-refractivity contribution in [2.45, 2.75) is 20.3 Å². The number of pyridine rings is 2. The Labute approximate surface area is 178 Å². The van der Waals surface area contributed by atoms with E-state index in [2.05, 4.69) is 20.4 Å². The fraction of sp³-hybridized carbons (Fsp3) is 0.273. The van der Waals surface area contributed by atoms with Gasteiger partial charge in [-0.25, -0.2) is 13.8 Å². The van der Waals surface area contributed by atoms with Gasteiger partial charge in [-0.1, -0.05) is 5.57 Å². The first kappa shape index (κ1) is 20.6. The van der Waals surface area contributed by atoms with Crippen molar-refractivity contribution in [1.29, 1.82) is 0 Å². The van der Waals surface area contributed by atoms with Crippen molar-refractivity contribution in [1.82, 2.24) is 19.7 Å². The number of hydrogen-bond donors (Lipinski definition) is 1. The van der Waals surface area contributed by atoms with Crippen LogP contribution in [0.5, 0.6) is 0 Å². The Morgan fingerprint density at radius 2 is 1.97 bits per heavy atom. The van der Waals surface area contributed by atoms with Gasteiger partial charge in [-0.2, -0.15) is 5.10 Å². The van der Waals surface area contributed by atoms with Crippen molar-refractivity contribution in [2.24, 2.45) is 7.05 Å². The largest absolute Gasteiger partial charge is 0.349 e. The number of amides is 1. The molecule has 0 spiro atoms. The Balaban J connectivity index is 1.65. The topological polar surface area (TPSA) is 75.9 Å². The Bertz CT molecular complexity index is 1190. The van der Waals surface area contributed by atoms with Gasteiger partial charge in [0.2, 0.25) is 0 Å². The van der Waals surface area contributed by atoms with E-state index >= 15 is 0 Å². The number of aryl methyl sites for hydroxylation is 1. The Morgan fingerprint density at radius 3 is 2.71 bits per heavy atom. The number of halogens is 2. The molecule has 0 aliphatic carbocycles. The zero-order valence-electron chi connectivity index (χ0n) is 17.5. The summed E-state index contributed by atoms with van der Waals surface area (Å²) in [5.41, 5.74) is 3.82. The Kier molecular flexibility index (Phi) is 5.50. The summed E-state index contributed by atoms with van der Waals surface area (Å²) in [6, 6.07) is 4.34. The molecule has 1 N–H and O–H groups in total. The number of hydrogen-bond acceptors (Lipinski definition) is 5. The quantitative estimate of drug-likeness (QED) is 0.691. The van der Waals surface area contributed by atoms with E-state index in [0.717, 1.165) is 29.5 Å². The predicted molar refractivity (Wildman–Crippen MR) is 114 cm³/mol. The molecule has 4 rings (SSSR count). The van der Waals surface area contributed by atoms with E-state index in [-0.39, 0.29) is 17.2 Å². The van der Waals surface area contributed by atoms with Gasteiger partial charge in [-0.15, -0.1) is 0 Å². The maximum absolute atomic E-state index is 14.3. The molecule has 31 heavy (non-hydrogen) atoms. The zero-order valence-corrected chi connectivity index (χ0v) is 17.5. The van der Waals surface area contributed by atoms with Crippen LogP contribution in [-0.4, -0.2) is 38.7 Å². The van der Waals surface area contributed by atoms with Crippen LogP contribution in [0.2, 0.25) is 0 Å². The number of anilines is 2. The lowest BCUT2D eigenvalue weighted by Crippen LogP contribution is -2.32. The lowest BCUT2D eigenvalue weighted by Gasteiger charge is -2.31. The van der Waals surface area contributed by atoms with Crippen LogP contribution in [-0.2, 0) is 7.05 Å². The van der Waals surface area contributed by atoms with E-state index in [1.165, 1.54) is 18.3 Å².